The molecule has 0 radical (unpaired) electrons. The lowest BCUT2D eigenvalue weighted by molar-refractivity contribution is 0.0230. The van der Waals surface area contributed by atoms with Crippen LogP contribution < -0.4 is 5.84 Å². The van der Waals surface area contributed by atoms with Crippen LogP contribution in [0, 0.1) is 0 Å². The molecule has 0 aliphatic carbocycles. The Kier molecular flexibility index (Phi) is 5.06. The number of benzene rings is 1. The van der Waals surface area contributed by atoms with Gasteiger partial charge in [0.15, 0.2) is 0 Å². The third kappa shape index (κ3) is 4.89. The number of hydrogen-bond donors (Lipinski definition) is 2. The van der Waals surface area contributed by atoms with Gasteiger partial charge in [-0.1, -0.05) is 11.6 Å². The summed E-state index contributed by atoms with van der Waals surface area (Å²) in [5.41, 5.74) is -0.209. The second kappa shape index (κ2) is 5.98. The number of nitrogens with two attached hydrogens (primary N) is 1. The van der Waals surface area contributed by atoms with E-state index in [2.05, 4.69) is 15.9 Å². The van der Waals surface area contributed by atoms with Gasteiger partial charge in [-0.15, -0.1) is 0 Å². The van der Waals surface area contributed by atoms with Gasteiger partial charge >= 0.3 is 6.09 Å². The van der Waals surface area contributed by atoms with Gasteiger partial charge in [0, 0.05) is 10.6 Å². The van der Waals surface area contributed by atoms with Crippen LogP contribution in [0.1, 0.15) is 26.3 Å². The largest absolute Gasteiger partial charge is 0.506 e. The Balaban J connectivity index is 2.83. The lowest BCUT2D eigenvalue weighted by Crippen LogP contribution is -2.40. The van der Waals surface area contributed by atoms with E-state index in [0.29, 0.717) is 15.1 Å². The van der Waals surface area contributed by atoms with Gasteiger partial charge in [0.05, 0.1) is 11.0 Å². The van der Waals surface area contributed by atoms with Gasteiger partial charge in [0.25, 0.3) is 0 Å². The van der Waals surface area contributed by atoms with Crippen molar-refractivity contribution in [3.05, 3.63) is 27.2 Å². The van der Waals surface area contributed by atoms with Crippen molar-refractivity contribution in [1.82, 2.24) is 5.01 Å². The molecule has 0 fully saturated rings. The van der Waals surface area contributed by atoms with Crippen molar-refractivity contribution in [3.8, 4) is 5.75 Å². The predicted octanol–water partition coefficient (Wildman–Crippen LogP) is 3.42. The second-order valence-corrected chi connectivity index (χ2v) is 6.29. The van der Waals surface area contributed by atoms with Crippen molar-refractivity contribution in [2.75, 3.05) is 0 Å². The molecule has 7 heteroatoms. The quantitative estimate of drug-likeness (QED) is 0.486. The molecule has 0 aromatic heterocycles. The third-order valence-electron chi connectivity index (χ3n) is 2.08. The minimum Gasteiger partial charge on any atom is -0.506 e. The number of rotatable bonds is 2. The van der Waals surface area contributed by atoms with Gasteiger partial charge in [-0.3, -0.25) is 0 Å². The van der Waals surface area contributed by atoms with Crippen LogP contribution in [0.15, 0.2) is 16.6 Å². The average Bonchev–Trinajstić information content (AvgIpc) is 2.22. The van der Waals surface area contributed by atoms with Crippen molar-refractivity contribution in [1.29, 1.82) is 0 Å². The number of hydrazine groups is 1. The molecule has 3 N–H and O–H groups in total. The van der Waals surface area contributed by atoms with Gasteiger partial charge < -0.3 is 9.84 Å². The molecule has 106 valence electrons. The molecule has 0 spiro atoms. The molecule has 0 heterocycles. The first-order valence-corrected chi connectivity index (χ1v) is 6.69. The summed E-state index contributed by atoms with van der Waals surface area (Å²) >= 11 is 9.04. The van der Waals surface area contributed by atoms with Gasteiger partial charge in [0.2, 0.25) is 0 Å². The number of aromatic hydroxyl groups is 1. The SMILES string of the molecule is CC(C)(C)OC(=O)N(N)Cc1cc(Cl)cc(Br)c1O. The normalized spacial score (nSPS) is 11.3. The number of halogens is 2. The molecule has 0 aliphatic rings. The molecule has 1 aromatic carbocycles. The van der Waals surface area contributed by atoms with Crippen molar-refractivity contribution in [2.24, 2.45) is 5.84 Å². The first-order valence-electron chi connectivity index (χ1n) is 5.52. The van der Waals surface area contributed by atoms with Crippen molar-refractivity contribution >= 4 is 33.6 Å². The molecule has 1 amide bonds. The van der Waals surface area contributed by atoms with E-state index < -0.39 is 11.7 Å². The monoisotopic (exact) mass is 350 g/mol. The number of carbonyl (C=O) groups is 1. The zero-order valence-electron chi connectivity index (χ0n) is 10.9. The molecule has 0 aliphatic heterocycles. The van der Waals surface area contributed by atoms with Crippen molar-refractivity contribution in [2.45, 2.75) is 32.9 Å². The highest BCUT2D eigenvalue weighted by molar-refractivity contribution is 9.10. The van der Waals surface area contributed by atoms with Gasteiger partial charge in [-0.25, -0.2) is 15.6 Å². The van der Waals surface area contributed by atoms with Crippen LogP contribution in [0.3, 0.4) is 0 Å². The fourth-order valence-electron chi connectivity index (χ4n) is 1.31. The van der Waals surface area contributed by atoms with E-state index in [1.54, 1.807) is 26.8 Å². The van der Waals surface area contributed by atoms with Crippen LogP contribution in [0.25, 0.3) is 0 Å². The molecular formula is C12H16BrClN2O3. The number of carbonyl (C=O) groups excluding carboxylic acids is 1. The number of hydrogen-bond acceptors (Lipinski definition) is 4. The van der Waals surface area contributed by atoms with Gasteiger partial charge in [-0.2, -0.15) is 0 Å². The molecular weight excluding hydrogens is 336 g/mol. The molecule has 0 atom stereocenters. The molecule has 19 heavy (non-hydrogen) atoms. The van der Waals surface area contributed by atoms with Crippen LogP contribution in [0.4, 0.5) is 4.79 Å². The summed E-state index contributed by atoms with van der Waals surface area (Å²) in [5.74, 6) is 5.60. The fourth-order valence-corrected chi connectivity index (χ4v) is 2.18. The van der Waals surface area contributed by atoms with E-state index in [9.17, 15) is 9.90 Å². The zero-order chi connectivity index (χ0) is 14.8. The number of phenolic OH excluding ortho intramolecular Hbond substituents is 1. The van der Waals surface area contributed by atoms with E-state index in [1.807, 2.05) is 0 Å². The van der Waals surface area contributed by atoms with Crippen molar-refractivity contribution < 1.29 is 14.6 Å². The summed E-state index contributed by atoms with van der Waals surface area (Å²) < 4.78 is 5.55. The summed E-state index contributed by atoms with van der Waals surface area (Å²) in [6.45, 7) is 5.21. The minimum absolute atomic E-state index is 0.0107. The maximum absolute atomic E-state index is 11.7. The average molecular weight is 352 g/mol. The first kappa shape index (κ1) is 16.1. The molecule has 0 saturated heterocycles. The first-order chi connectivity index (χ1) is 8.60. The summed E-state index contributed by atoms with van der Waals surface area (Å²) in [7, 11) is 0. The smallest absolute Gasteiger partial charge is 0.424 e. The topological polar surface area (TPSA) is 75.8 Å². The molecule has 0 saturated carbocycles. The van der Waals surface area contributed by atoms with Gasteiger partial charge in [-0.05, 0) is 48.8 Å². The molecule has 1 rings (SSSR count). The minimum atomic E-state index is -0.678. The number of nitrogens with zero attached hydrogens (tertiary/aromatic N) is 1. The maximum Gasteiger partial charge on any atom is 0.424 e. The Bertz CT molecular complexity index is 489. The Morgan fingerprint density at radius 3 is 2.63 bits per heavy atom. The van der Waals surface area contributed by atoms with Crippen LogP contribution in [-0.4, -0.2) is 21.8 Å². The summed E-state index contributed by atoms with van der Waals surface area (Å²) in [6.07, 6.45) is -0.678. The van der Waals surface area contributed by atoms with Crippen molar-refractivity contribution in [3.63, 3.8) is 0 Å². The van der Waals surface area contributed by atoms with E-state index in [4.69, 9.17) is 22.2 Å². The van der Waals surface area contributed by atoms with Crippen LogP contribution in [0.5, 0.6) is 5.75 Å². The lowest BCUT2D eigenvalue weighted by atomic mass is 10.2. The highest BCUT2D eigenvalue weighted by Crippen LogP contribution is 2.32. The maximum atomic E-state index is 11.7. The Hall–Kier alpha value is -0.980. The lowest BCUT2D eigenvalue weighted by Gasteiger charge is -2.24. The molecule has 5 nitrogen and oxygen atoms in total. The Morgan fingerprint density at radius 2 is 2.11 bits per heavy atom. The molecule has 0 unspecified atom stereocenters. The fraction of sp³-hybridized carbons (Fsp3) is 0.417. The summed E-state index contributed by atoms with van der Waals surface area (Å²) in [4.78, 5) is 11.7. The van der Waals surface area contributed by atoms with E-state index in [0.717, 1.165) is 5.01 Å². The van der Waals surface area contributed by atoms with Crippen LogP contribution in [-0.2, 0) is 11.3 Å². The number of ether oxygens (including phenoxy) is 1. The molecule has 1 aromatic rings. The Labute approximate surface area is 125 Å². The standard InChI is InChI=1S/C12H16BrClN2O3/c1-12(2,3)19-11(18)16(15)6-7-4-8(14)5-9(13)10(7)17/h4-5,17H,6,15H2,1-3H3. The Morgan fingerprint density at radius 1 is 1.53 bits per heavy atom. The zero-order valence-corrected chi connectivity index (χ0v) is 13.2. The van der Waals surface area contributed by atoms with Gasteiger partial charge in [0.1, 0.15) is 11.4 Å². The van der Waals surface area contributed by atoms with Crippen LogP contribution >= 0.6 is 27.5 Å². The highest BCUT2D eigenvalue weighted by Gasteiger charge is 2.21. The predicted molar refractivity (Wildman–Crippen MR) is 76.8 cm³/mol. The number of amides is 1. The van der Waals surface area contributed by atoms with Crippen LogP contribution in [0.2, 0.25) is 5.02 Å². The summed E-state index contributed by atoms with van der Waals surface area (Å²) in [5, 5.41) is 11.2. The number of phenols is 1. The third-order valence-corrected chi connectivity index (χ3v) is 2.90. The van der Waals surface area contributed by atoms with E-state index >= 15 is 0 Å². The van der Waals surface area contributed by atoms with E-state index in [1.165, 1.54) is 6.07 Å². The summed E-state index contributed by atoms with van der Waals surface area (Å²) in [6, 6.07) is 3.08. The highest BCUT2D eigenvalue weighted by atomic mass is 79.9. The second-order valence-electron chi connectivity index (χ2n) is 5.00. The molecule has 0 bridgehead atoms. The van der Waals surface area contributed by atoms with E-state index in [-0.39, 0.29) is 12.3 Å².